The maximum Gasteiger partial charge on any atom is 0.250 e. The highest BCUT2D eigenvalue weighted by atomic mass is 35.5. The molecule has 7 heteroatoms. The number of rotatable bonds is 3. The van der Waals surface area contributed by atoms with Gasteiger partial charge in [0.1, 0.15) is 11.5 Å². The summed E-state index contributed by atoms with van der Waals surface area (Å²) in [4.78, 5) is 6.65. The van der Waals surface area contributed by atoms with Gasteiger partial charge in [-0.1, -0.05) is 5.16 Å². The Labute approximate surface area is 129 Å². The largest absolute Gasteiger partial charge is 0.462 e. The molecule has 1 N–H and O–H groups in total. The van der Waals surface area contributed by atoms with Crippen molar-refractivity contribution in [1.29, 1.82) is 0 Å². The molecule has 3 heterocycles. The predicted octanol–water partition coefficient (Wildman–Crippen LogP) is 2.14. The molecule has 1 saturated heterocycles. The van der Waals surface area contributed by atoms with Crippen molar-refractivity contribution in [1.82, 2.24) is 20.4 Å². The fraction of sp³-hybridized carbons (Fsp3) is 0.429. The van der Waals surface area contributed by atoms with Crippen molar-refractivity contribution in [2.45, 2.75) is 13.0 Å². The first kappa shape index (κ1) is 15.8. The fourth-order valence-corrected chi connectivity index (χ4v) is 2.24. The standard InChI is InChI=1S/C14H18N4O2.ClH/c1-10-3-4-11(19-10)5-6-13-16-14(17-20-13)12-9-15-7-8-18(12)2;/h3-6,12,15H,7-9H2,1-2H3;1H/b6-5+;. The molecule has 0 aliphatic carbocycles. The molecule has 6 nitrogen and oxygen atoms in total. The number of aryl methyl sites for hydroxylation is 1. The van der Waals surface area contributed by atoms with Gasteiger partial charge in [0.2, 0.25) is 0 Å². The van der Waals surface area contributed by atoms with Gasteiger partial charge in [-0.2, -0.15) is 4.98 Å². The lowest BCUT2D eigenvalue weighted by atomic mass is 10.2. The summed E-state index contributed by atoms with van der Waals surface area (Å²) in [7, 11) is 2.07. The molecule has 3 rings (SSSR count). The number of halogens is 1. The van der Waals surface area contributed by atoms with Crippen LogP contribution in [0.15, 0.2) is 21.1 Å². The van der Waals surface area contributed by atoms with Crippen LogP contribution in [0.4, 0.5) is 0 Å². The molecule has 21 heavy (non-hydrogen) atoms. The van der Waals surface area contributed by atoms with E-state index in [1.807, 2.05) is 25.1 Å². The van der Waals surface area contributed by atoms with E-state index >= 15 is 0 Å². The number of furan rings is 1. The van der Waals surface area contributed by atoms with Crippen LogP contribution in [-0.4, -0.2) is 41.7 Å². The second-order valence-corrected chi connectivity index (χ2v) is 4.97. The van der Waals surface area contributed by atoms with Crippen molar-refractivity contribution >= 4 is 24.6 Å². The van der Waals surface area contributed by atoms with Gasteiger partial charge in [0.05, 0.1) is 6.04 Å². The normalized spacial score (nSPS) is 19.8. The number of nitrogens with one attached hydrogen (secondary N) is 1. The Morgan fingerprint density at radius 2 is 2.24 bits per heavy atom. The number of likely N-dealkylation sites (N-methyl/N-ethyl adjacent to an activating group) is 1. The topological polar surface area (TPSA) is 67.3 Å². The van der Waals surface area contributed by atoms with Gasteiger partial charge in [-0.05, 0) is 32.2 Å². The van der Waals surface area contributed by atoms with Gasteiger partial charge in [-0.3, -0.25) is 4.90 Å². The summed E-state index contributed by atoms with van der Waals surface area (Å²) in [6.07, 6.45) is 3.60. The highest BCUT2D eigenvalue weighted by Gasteiger charge is 2.24. The zero-order chi connectivity index (χ0) is 13.9. The van der Waals surface area contributed by atoms with E-state index < -0.39 is 0 Å². The average Bonchev–Trinajstić information content (AvgIpc) is 3.06. The van der Waals surface area contributed by atoms with E-state index in [4.69, 9.17) is 8.94 Å². The lowest BCUT2D eigenvalue weighted by Gasteiger charge is -2.30. The summed E-state index contributed by atoms with van der Waals surface area (Å²) in [5, 5.41) is 7.40. The number of hydrogen-bond donors (Lipinski definition) is 1. The Morgan fingerprint density at radius 1 is 1.38 bits per heavy atom. The molecule has 114 valence electrons. The number of hydrogen-bond acceptors (Lipinski definition) is 6. The minimum absolute atomic E-state index is 0. The second kappa shape index (κ2) is 6.89. The summed E-state index contributed by atoms with van der Waals surface area (Å²) >= 11 is 0. The van der Waals surface area contributed by atoms with Crippen molar-refractivity contribution in [2.75, 3.05) is 26.7 Å². The molecule has 0 radical (unpaired) electrons. The van der Waals surface area contributed by atoms with E-state index in [0.29, 0.717) is 5.89 Å². The molecule has 1 aliphatic rings. The quantitative estimate of drug-likeness (QED) is 0.937. The van der Waals surface area contributed by atoms with Crippen LogP contribution in [0.25, 0.3) is 12.2 Å². The number of piperazine rings is 1. The van der Waals surface area contributed by atoms with E-state index in [0.717, 1.165) is 37.0 Å². The monoisotopic (exact) mass is 310 g/mol. The van der Waals surface area contributed by atoms with Crippen LogP contribution in [0.3, 0.4) is 0 Å². The first-order valence-corrected chi connectivity index (χ1v) is 6.71. The van der Waals surface area contributed by atoms with E-state index in [9.17, 15) is 0 Å². The minimum atomic E-state index is 0. The van der Waals surface area contributed by atoms with Crippen LogP contribution >= 0.6 is 12.4 Å². The van der Waals surface area contributed by atoms with E-state index in [1.54, 1.807) is 6.08 Å². The highest BCUT2D eigenvalue weighted by Crippen LogP contribution is 2.18. The molecule has 0 spiro atoms. The van der Waals surface area contributed by atoms with Gasteiger partial charge in [-0.15, -0.1) is 12.4 Å². The second-order valence-electron chi connectivity index (χ2n) is 4.97. The molecule has 0 aromatic carbocycles. The van der Waals surface area contributed by atoms with Crippen LogP contribution in [0.1, 0.15) is 29.3 Å². The summed E-state index contributed by atoms with van der Waals surface area (Å²) in [5.41, 5.74) is 0. The molecule has 1 fully saturated rings. The van der Waals surface area contributed by atoms with Gasteiger partial charge in [-0.25, -0.2) is 0 Å². The molecule has 2 aromatic rings. The summed E-state index contributed by atoms with van der Waals surface area (Å²) < 4.78 is 10.7. The zero-order valence-corrected chi connectivity index (χ0v) is 12.9. The van der Waals surface area contributed by atoms with Gasteiger partial charge >= 0.3 is 0 Å². The van der Waals surface area contributed by atoms with Crippen LogP contribution in [0.2, 0.25) is 0 Å². The lowest BCUT2D eigenvalue weighted by molar-refractivity contribution is 0.190. The molecular formula is C14H19ClN4O2. The molecule has 0 saturated carbocycles. The van der Waals surface area contributed by atoms with Crippen molar-refractivity contribution in [3.05, 3.63) is 35.4 Å². The van der Waals surface area contributed by atoms with Crippen molar-refractivity contribution in [3.63, 3.8) is 0 Å². The summed E-state index contributed by atoms with van der Waals surface area (Å²) in [6.45, 7) is 4.73. The summed E-state index contributed by atoms with van der Waals surface area (Å²) in [6, 6.07) is 3.99. The van der Waals surface area contributed by atoms with Crippen LogP contribution in [-0.2, 0) is 0 Å². The molecule has 1 unspecified atom stereocenters. The maximum atomic E-state index is 5.45. The van der Waals surface area contributed by atoms with Gasteiger partial charge in [0, 0.05) is 25.7 Å². The molecule has 0 amide bonds. The van der Waals surface area contributed by atoms with Crippen LogP contribution in [0.5, 0.6) is 0 Å². The van der Waals surface area contributed by atoms with Crippen LogP contribution < -0.4 is 5.32 Å². The Bertz CT molecular complexity index is 608. The first-order chi connectivity index (χ1) is 9.72. The minimum Gasteiger partial charge on any atom is -0.462 e. The fourth-order valence-electron chi connectivity index (χ4n) is 2.24. The Balaban J connectivity index is 0.00000161. The third-order valence-electron chi connectivity index (χ3n) is 3.42. The third-order valence-corrected chi connectivity index (χ3v) is 3.42. The van der Waals surface area contributed by atoms with Gasteiger partial charge in [0.25, 0.3) is 5.89 Å². The third kappa shape index (κ3) is 3.72. The predicted molar refractivity (Wildman–Crippen MR) is 82.2 cm³/mol. The average molecular weight is 311 g/mol. The first-order valence-electron chi connectivity index (χ1n) is 6.71. The van der Waals surface area contributed by atoms with E-state index in [-0.39, 0.29) is 18.4 Å². The van der Waals surface area contributed by atoms with E-state index in [1.165, 1.54) is 0 Å². The smallest absolute Gasteiger partial charge is 0.250 e. The number of nitrogens with zero attached hydrogens (tertiary/aromatic N) is 3. The summed E-state index contributed by atoms with van der Waals surface area (Å²) in [5.74, 6) is 2.87. The van der Waals surface area contributed by atoms with Gasteiger partial charge in [0.15, 0.2) is 5.82 Å². The molecule has 0 bridgehead atoms. The zero-order valence-electron chi connectivity index (χ0n) is 12.1. The highest BCUT2D eigenvalue weighted by molar-refractivity contribution is 5.85. The van der Waals surface area contributed by atoms with E-state index in [2.05, 4.69) is 27.4 Å². The molecular weight excluding hydrogens is 292 g/mol. The van der Waals surface area contributed by atoms with Crippen molar-refractivity contribution in [3.8, 4) is 0 Å². The Morgan fingerprint density at radius 3 is 2.95 bits per heavy atom. The lowest BCUT2D eigenvalue weighted by Crippen LogP contribution is -2.44. The van der Waals surface area contributed by atoms with Crippen molar-refractivity contribution < 1.29 is 8.94 Å². The molecule has 1 aliphatic heterocycles. The maximum absolute atomic E-state index is 5.45. The molecule has 1 atom stereocenters. The SMILES string of the molecule is Cc1ccc(/C=C/c2nc(C3CNCCN3C)no2)o1.Cl. The number of aromatic nitrogens is 2. The molecule has 2 aromatic heterocycles. The van der Waals surface area contributed by atoms with Crippen molar-refractivity contribution in [2.24, 2.45) is 0 Å². The Hall–Kier alpha value is -1.63. The van der Waals surface area contributed by atoms with Crippen LogP contribution in [0, 0.1) is 6.92 Å². The van der Waals surface area contributed by atoms with Gasteiger partial charge < -0.3 is 14.3 Å². The Kier molecular flexibility index (Phi) is 5.17.